The van der Waals surface area contributed by atoms with E-state index in [1.54, 1.807) is 18.2 Å². The summed E-state index contributed by atoms with van der Waals surface area (Å²) in [6.07, 6.45) is 0. The van der Waals surface area contributed by atoms with E-state index in [4.69, 9.17) is 4.42 Å². The van der Waals surface area contributed by atoms with Crippen LogP contribution in [-0.2, 0) is 0 Å². The van der Waals surface area contributed by atoms with Crippen LogP contribution in [0.1, 0.15) is 10.4 Å². The molecule has 0 spiro atoms. The summed E-state index contributed by atoms with van der Waals surface area (Å²) in [5.41, 5.74) is 3.07. The summed E-state index contributed by atoms with van der Waals surface area (Å²) in [6.45, 7) is 0. The van der Waals surface area contributed by atoms with Crippen molar-refractivity contribution in [1.82, 2.24) is 4.98 Å². The molecule has 3 aromatic carbocycles. The second kappa shape index (κ2) is 7.40. The predicted molar refractivity (Wildman–Crippen MR) is 114 cm³/mol. The van der Waals surface area contributed by atoms with E-state index in [9.17, 15) is 9.18 Å². The molecule has 0 aliphatic rings. The van der Waals surface area contributed by atoms with E-state index in [1.807, 2.05) is 18.2 Å². The summed E-state index contributed by atoms with van der Waals surface area (Å²) in [7, 11) is 0. The molecule has 0 fully saturated rings. The van der Waals surface area contributed by atoms with Gasteiger partial charge in [-0.15, -0.1) is 0 Å². The van der Waals surface area contributed by atoms with Crippen LogP contribution >= 0.6 is 38.5 Å². The number of benzene rings is 3. The Bertz CT molecular complexity index is 1160. The van der Waals surface area contributed by atoms with Gasteiger partial charge in [0.05, 0.1) is 5.56 Å². The van der Waals surface area contributed by atoms with Gasteiger partial charge < -0.3 is 9.73 Å². The first kappa shape index (κ1) is 18.1. The first-order valence-electron chi connectivity index (χ1n) is 7.92. The Morgan fingerprint density at radius 2 is 1.85 bits per heavy atom. The third kappa shape index (κ3) is 3.89. The second-order valence-electron chi connectivity index (χ2n) is 5.79. The lowest BCUT2D eigenvalue weighted by Crippen LogP contribution is -2.11. The SMILES string of the molecule is O=C(Nc1ccc2oc(-c3cc(I)ccc3Br)nc2c1)c1ccc(F)cc1. The summed E-state index contributed by atoms with van der Waals surface area (Å²) in [6, 6.07) is 16.5. The number of carbonyl (C=O) groups excluding carboxylic acids is 1. The Balaban J connectivity index is 1.64. The first-order chi connectivity index (χ1) is 13.0. The number of anilines is 1. The Kier molecular flexibility index (Phi) is 4.96. The number of oxazole rings is 1. The molecule has 0 saturated carbocycles. The molecule has 1 amide bonds. The first-order valence-corrected chi connectivity index (χ1v) is 9.80. The Hall–Kier alpha value is -2.26. The number of hydrogen-bond acceptors (Lipinski definition) is 3. The Morgan fingerprint density at radius 3 is 2.63 bits per heavy atom. The molecule has 0 bridgehead atoms. The molecule has 0 radical (unpaired) electrons. The van der Waals surface area contributed by atoms with E-state index >= 15 is 0 Å². The molecule has 1 heterocycles. The van der Waals surface area contributed by atoms with E-state index in [0.29, 0.717) is 28.2 Å². The maximum absolute atomic E-state index is 13.0. The van der Waals surface area contributed by atoms with E-state index in [-0.39, 0.29) is 11.7 Å². The lowest BCUT2D eigenvalue weighted by Gasteiger charge is -2.04. The van der Waals surface area contributed by atoms with Crippen LogP contribution in [0.25, 0.3) is 22.6 Å². The molecule has 0 unspecified atom stereocenters. The molecule has 4 aromatic rings. The summed E-state index contributed by atoms with van der Waals surface area (Å²) in [5, 5.41) is 2.79. The van der Waals surface area contributed by atoms with E-state index < -0.39 is 0 Å². The highest BCUT2D eigenvalue weighted by molar-refractivity contribution is 14.1. The molecule has 0 atom stereocenters. The zero-order chi connectivity index (χ0) is 19.0. The normalized spacial score (nSPS) is 10.9. The van der Waals surface area contributed by atoms with Gasteiger partial charge in [0.15, 0.2) is 5.58 Å². The molecule has 27 heavy (non-hydrogen) atoms. The molecule has 7 heteroatoms. The van der Waals surface area contributed by atoms with Crippen molar-refractivity contribution < 1.29 is 13.6 Å². The van der Waals surface area contributed by atoms with Crippen molar-refractivity contribution in [3.63, 3.8) is 0 Å². The molecule has 1 aromatic heterocycles. The second-order valence-corrected chi connectivity index (χ2v) is 7.89. The molecule has 4 rings (SSSR count). The number of nitrogens with zero attached hydrogens (tertiary/aromatic N) is 1. The van der Waals surface area contributed by atoms with Crippen LogP contribution in [0.5, 0.6) is 0 Å². The molecule has 0 saturated heterocycles. The summed E-state index contributed by atoms with van der Waals surface area (Å²) in [5.74, 6) is -0.208. The van der Waals surface area contributed by atoms with Gasteiger partial charge in [-0.05, 0) is 99.2 Å². The van der Waals surface area contributed by atoms with Crippen molar-refractivity contribution >= 4 is 61.2 Å². The third-order valence-electron chi connectivity index (χ3n) is 3.91. The minimum absolute atomic E-state index is 0.321. The van der Waals surface area contributed by atoms with Crippen molar-refractivity contribution in [2.24, 2.45) is 0 Å². The molecular weight excluding hydrogens is 526 g/mol. The molecular formula is C20H11BrFIN2O2. The van der Waals surface area contributed by atoms with Crippen molar-refractivity contribution in [2.45, 2.75) is 0 Å². The average Bonchev–Trinajstić information content (AvgIpc) is 3.07. The van der Waals surface area contributed by atoms with Gasteiger partial charge in [-0.25, -0.2) is 9.37 Å². The summed E-state index contributed by atoms with van der Waals surface area (Å²) >= 11 is 5.75. The monoisotopic (exact) mass is 536 g/mol. The molecule has 0 aliphatic carbocycles. The van der Waals surface area contributed by atoms with Crippen LogP contribution in [0, 0.1) is 9.39 Å². The highest BCUT2D eigenvalue weighted by Crippen LogP contribution is 2.32. The zero-order valence-electron chi connectivity index (χ0n) is 13.7. The van der Waals surface area contributed by atoms with Crippen LogP contribution < -0.4 is 5.32 Å². The fraction of sp³-hybridized carbons (Fsp3) is 0. The standard InChI is InChI=1S/C20H11BrFIN2O2/c21-16-7-5-13(23)9-15(16)20-25-17-10-14(6-8-18(17)27-20)24-19(26)11-1-3-12(22)4-2-11/h1-10H,(H,24,26). The summed E-state index contributed by atoms with van der Waals surface area (Å²) in [4.78, 5) is 16.8. The minimum Gasteiger partial charge on any atom is -0.436 e. The van der Waals surface area contributed by atoms with Gasteiger partial charge in [0.2, 0.25) is 5.89 Å². The van der Waals surface area contributed by atoms with Crippen molar-refractivity contribution in [3.8, 4) is 11.5 Å². The maximum Gasteiger partial charge on any atom is 0.255 e. The number of halogens is 3. The largest absolute Gasteiger partial charge is 0.436 e. The maximum atomic E-state index is 13.0. The number of fused-ring (bicyclic) bond motifs is 1. The Morgan fingerprint density at radius 1 is 1.07 bits per heavy atom. The number of amides is 1. The topological polar surface area (TPSA) is 55.1 Å². The third-order valence-corrected chi connectivity index (χ3v) is 5.27. The van der Waals surface area contributed by atoms with Crippen LogP contribution in [0.15, 0.2) is 69.6 Å². The Labute approximate surface area is 176 Å². The van der Waals surface area contributed by atoms with Gasteiger partial charge >= 0.3 is 0 Å². The lowest BCUT2D eigenvalue weighted by atomic mass is 10.2. The van der Waals surface area contributed by atoms with Gasteiger partial charge in [0, 0.05) is 19.3 Å². The van der Waals surface area contributed by atoms with Gasteiger partial charge in [0.25, 0.3) is 5.91 Å². The molecule has 134 valence electrons. The molecule has 1 N–H and O–H groups in total. The van der Waals surface area contributed by atoms with Crippen LogP contribution in [0.2, 0.25) is 0 Å². The number of carbonyl (C=O) groups is 1. The van der Waals surface area contributed by atoms with Crippen LogP contribution in [-0.4, -0.2) is 10.9 Å². The number of hydrogen-bond donors (Lipinski definition) is 1. The van der Waals surface area contributed by atoms with Gasteiger partial charge in [-0.3, -0.25) is 4.79 Å². The fourth-order valence-electron chi connectivity index (χ4n) is 2.59. The fourth-order valence-corrected chi connectivity index (χ4v) is 3.49. The van der Waals surface area contributed by atoms with E-state index in [2.05, 4.69) is 48.8 Å². The van der Waals surface area contributed by atoms with Crippen molar-refractivity contribution in [3.05, 3.63) is 80.1 Å². The van der Waals surface area contributed by atoms with Gasteiger partial charge in [-0.2, -0.15) is 0 Å². The summed E-state index contributed by atoms with van der Waals surface area (Å²) < 4.78 is 20.8. The lowest BCUT2D eigenvalue weighted by molar-refractivity contribution is 0.102. The number of nitrogens with one attached hydrogen (secondary N) is 1. The smallest absolute Gasteiger partial charge is 0.255 e. The minimum atomic E-state index is -0.384. The van der Waals surface area contributed by atoms with E-state index in [1.165, 1.54) is 24.3 Å². The highest BCUT2D eigenvalue weighted by Gasteiger charge is 2.13. The van der Waals surface area contributed by atoms with Crippen molar-refractivity contribution in [1.29, 1.82) is 0 Å². The van der Waals surface area contributed by atoms with Crippen molar-refractivity contribution in [2.75, 3.05) is 5.32 Å². The zero-order valence-corrected chi connectivity index (χ0v) is 17.4. The quantitative estimate of drug-likeness (QED) is 0.315. The van der Waals surface area contributed by atoms with E-state index in [0.717, 1.165) is 13.6 Å². The number of rotatable bonds is 3. The molecule has 0 aliphatic heterocycles. The van der Waals surface area contributed by atoms with Crippen LogP contribution in [0.3, 0.4) is 0 Å². The highest BCUT2D eigenvalue weighted by atomic mass is 127. The van der Waals surface area contributed by atoms with Gasteiger partial charge in [0.1, 0.15) is 11.3 Å². The number of aromatic nitrogens is 1. The van der Waals surface area contributed by atoms with Gasteiger partial charge in [-0.1, -0.05) is 0 Å². The predicted octanol–water partition coefficient (Wildman–Crippen LogP) is 6.25. The van der Waals surface area contributed by atoms with Crippen LogP contribution in [0.4, 0.5) is 10.1 Å². The average molecular weight is 537 g/mol. The molecule has 4 nitrogen and oxygen atoms in total.